The van der Waals surface area contributed by atoms with E-state index < -0.39 is 0 Å². The van der Waals surface area contributed by atoms with Gasteiger partial charge in [0.2, 0.25) is 5.91 Å². The van der Waals surface area contributed by atoms with Gasteiger partial charge in [0, 0.05) is 29.6 Å². The molecule has 1 aliphatic rings. The third kappa shape index (κ3) is 4.10. The molecule has 0 saturated heterocycles. The largest absolute Gasteiger partial charge is 0.352 e. The lowest BCUT2D eigenvalue weighted by atomic mass is 9.77. The standard InChI is InChI=1S/C21H23FN2O2/c1-21(2)13-19(25)24-18-10-7-15(12-17(18)21)20(26)23-11-3-4-14-5-8-16(22)9-6-14/h5-10,12H,3-4,11,13H2,1-2H3,(H,23,26)(H,24,25). The van der Waals surface area contributed by atoms with Gasteiger partial charge in [-0.2, -0.15) is 0 Å². The zero-order chi connectivity index (χ0) is 18.7. The van der Waals surface area contributed by atoms with Crippen LogP contribution in [-0.2, 0) is 16.6 Å². The van der Waals surface area contributed by atoms with Crippen LogP contribution < -0.4 is 10.6 Å². The lowest BCUT2D eigenvalue weighted by Crippen LogP contribution is -2.33. The van der Waals surface area contributed by atoms with Crippen LogP contribution in [0.25, 0.3) is 0 Å². The Morgan fingerprint density at radius 2 is 1.92 bits per heavy atom. The van der Waals surface area contributed by atoms with Crippen molar-refractivity contribution in [3.05, 3.63) is 65.0 Å². The van der Waals surface area contributed by atoms with Crippen molar-refractivity contribution in [1.29, 1.82) is 0 Å². The van der Waals surface area contributed by atoms with Gasteiger partial charge in [-0.1, -0.05) is 26.0 Å². The van der Waals surface area contributed by atoms with Crippen molar-refractivity contribution < 1.29 is 14.0 Å². The fourth-order valence-corrected chi connectivity index (χ4v) is 3.29. The van der Waals surface area contributed by atoms with Crippen LogP contribution in [0.4, 0.5) is 10.1 Å². The van der Waals surface area contributed by atoms with E-state index in [9.17, 15) is 14.0 Å². The van der Waals surface area contributed by atoms with Gasteiger partial charge in [0.15, 0.2) is 0 Å². The molecule has 26 heavy (non-hydrogen) atoms. The molecule has 2 aromatic carbocycles. The van der Waals surface area contributed by atoms with Gasteiger partial charge in [-0.25, -0.2) is 4.39 Å². The van der Waals surface area contributed by atoms with Gasteiger partial charge in [0.05, 0.1) is 0 Å². The van der Waals surface area contributed by atoms with Crippen LogP contribution in [-0.4, -0.2) is 18.4 Å². The highest BCUT2D eigenvalue weighted by Gasteiger charge is 2.32. The summed E-state index contributed by atoms with van der Waals surface area (Å²) in [5.74, 6) is -0.367. The number of hydrogen-bond donors (Lipinski definition) is 2. The minimum Gasteiger partial charge on any atom is -0.352 e. The van der Waals surface area contributed by atoms with Gasteiger partial charge in [-0.15, -0.1) is 0 Å². The van der Waals surface area contributed by atoms with E-state index in [1.807, 2.05) is 19.9 Å². The maximum Gasteiger partial charge on any atom is 0.251 e. The van der Waals surface area contributed by atoms with Gasteiger partial charge in [-0.3, -0.25) is 9.59 Å². The van der Waals surface area contributed by atoms with Gasteiger partial charge >= 0.3 is 0 Å². The summed E-state index contributed by atoms with van der Waals surface area (Å²) in [5.41, 5.74) is 3.10. The highest BCUT2D eigenvalue weighted by atomic mass is 19.1. The maximum absolute atomic E-state index is 12.9. The molecule has 5 heteroatoms. The zero-order valence-electron chi connectivity index (χ0n) is 15.1. The zero-order valence-corrected chi connectivity index (χ0v) is 15.1. The Kier molecular flexibility index (Phi) is 5.07. The smallest absolute Gasteiger partial charge is 0.251 e. The fraction of sp³-hybridized carbons (Fsp3) is 0.333. The highest BCUT2D eigenvalue weighted by Crippen LogP contribution is 2.37. The monoisotopic (exact) mass is 354 g/mol. The Morgan fingerprint density at radius 1 is 1.19 bits per heavy atom. The molecular formula is C21H23FN2O2. The van der Waals surface area contributed by atoms with Crippen LogP contribution in [0.5, 0.6) is 0 Å². The second-order valence-electron chi connectivity index (χ2n) is 7.36. The number of aryl methyl sites for hydroxylation is 1. The van der Waals surface area contributed by atoms with Crippen LogP contribution in [0.3, 0.4) is 0 Å². The van der Waals surface area contributed by atoms with E-state index >= 15 is 0 Å². The van der Waals surface area contributed by atoms with E-state index in [0.29, 0.717) is 18.5 Å². The molecule has 2 N–H and O–H groups in total. The number of fused-ring (bicyclic) bond motifs is 1. The summed E-state index contributed by atoms with van der Waals surface area (Å²) in [4.78, 5) is 24.2. The summed E-state index contributed by atoms with van der Waals surface area (Å²) < 4.78 is 12.9. The number of amides is 2. The second kappa shape index (κ2) is 7.28. The van der Waals surface area contributed by atoms with Crippen molar-refractivity contribution >= 4 is 17.5 Å². The first-order chi connectivity index (χ1) is 12.3. The molecule has 1 aliphatic heterocycles. The van der Waals surface area contributed by atoms with Gasteiger partial charge in [0.1, 0.15) is 5.82 Å². The minimum atomic E-state index is -0.295. The van der Waals surface area contributed by atoms with E-state index in [0.717, 1.165) is 29.7 Å². The van der Waals surface area contributed by atoms with Crippen LogP contribution >= 0.6 is 0 Å². The summed E-state index contributed by atoms with van der Waals surface area (Å²) >= 11 is 0. The highest BCUT2D eigenvalue weighted by molar-refractivity contribution is 5.98. The number of carbonyl (C=O) groups excluding carboxylic acids is 2. The molecule has 0 atom stereocenters. The fourth-order valence-electron chi connectivity index (χ4n) is 3.29. The van der Waals surface area contributed by atoms with E-state index in [-0.39, 0.29) is 23.0 Å². The number of halogens is 1. The van der Waals surface area contributed by atoms with Crippen LogP contribution in [0, 0.1) is 5.82 Å². The lowest BCUT2D eigenvalue weighted by molar-refractivity contribution is -0.117. The van der Waals surface area contributed by atoms with E-state index in [1.165, 1.54) is 12.1 Å². The Morgan fingerprint density at radius 3 is 2.65 bits per heavy atom. The van der Waals surface area contributed by atoms with Crippen molar-refractivity contribution in [2.75, 3.05) is 11.9 Å². The Hall–Kier alpha value is -2.69. The molecule has 1 heterocycles. The normalized spacial score (nSPS) is 15.1. The maximum atomic E-state index is 12.9. The van der Waals surface area contributed by atoms with Gasteiger partial charge in [-0.05, 0) is 54.3 Å². The molecule has 2 amide bonds. The van der Waals surface area contributed by atoms with Crippen LogP contribution in [0.15, 0.2) is 42.5 Å². The topological polar surface area (TPSA) is 58.2 Å². The number of nitrogens with one attached hydrogen (secondary N) is 2. The van der Waals surface area contributed by atoms with Crippen molar-refractivity contribution in [1.82, 2.24) is 5.32 Å². The number of hydrogen-bond acceptors (Lipinski definition) is 2. The average molecular weight is 354 g/mol. The summed E-state index contributed by atoms with van der Waals surface area (Å²) in [6.07, 6.45) is 1.97. The first kappa shape index (κ1) is 18.1. The number of rotatable bonds is 5. The van der Waals surface area contributed by atoms with Crippen molar-refractivity contribution in [3.63, 3.8) is 0 Å². The molecule has 3 rings (SSSR count). The average Bonchev–Trinajstić information content (AvgIpc) is 2.59. The summed E-state index contributed by atoms with van der Waals surface area (Å²) in [5, 5.41) is 5.78. The summed E-state index contributed by atoms with van der Waals surface area (Å²) in [7, 11) is 0. The molecule has 0 fully saturated rings. The number of carbonyl (C=O) groups is 2. The lowest BCUT2D eigenvalue weighted by Gasteiger charge is -2.32. The predicted octanol–water partition coefficient (Wildman–Crippen LogP) is 3.81. The van der Waals surface area contributed by atoms with E-state index in [1.54, 1.807) is 24.3 Å². The molecular weight excluding hydrogens is 331 g/mol. The second-order valence-corrected chi connectivity index (χ2v) is 7.36. The minimum absolute atomic E-state index is 0.000458. The van der Waals surface area contributed by atoms with Gasteiger partial charge in [0.25, 0.3) is 5.91 Å². The van der Waals surface area contributed by atoms with E-state index in [4.69, 9.17) is 0 Å². The molecule has 0 aromatic heterocycles. The quantitative estimate of drug-likeness (QED) is 0.802. The molecule has 0 aliphatic carbocycles. The number of benzene rings is 2. The Bertz CT molecular complexity index is 828. The Balaban J connectivity index is 1.58. The molecule has 0 bridgehead atoms. The third-order valence-corrected chi connectivity index (χ3v) is 4.73. The molecule has 0 spiro atoms. The van der Waals surface area contributed by atoms with Gasteiger partial charge < -0.3 is 10.6 Å². The first-order valence-electron chi connectivity index (χ1n) is 8.82. The predicted molar refractivity (Wildman–Crippen MR) is 99.8 cm³/mol. The first-order valence-corrected chi connectivity index (χ1v) is 8.82. The molecule has 0 saturated carbocycles. The molecule has 136 valence electrons. The molecule has 2 aromatic rings. The third-order valence-electron chi connectivity index (χ3n) is 4.73. The SMILES string of the molecule is CC1(C)CC(=O)Nc2ccc(C(=O)NCCCc3ccc(F)cc3)cc21. The van der Waals surface area contributed by atoms with Crippen molar-refractivity contribution in [2.24, 2.45) is 0 Å². The number of anilines is 1. The van der Waals surface area contributed by atoms with E-state index in [2.05, 4.69) is 10.6 Å². The van der Waals surface area contributed by atoms with Crippen LogP contribution in [0.1, 0.15) is 48.2 Å². The molecule has 0 radical (unpaired) electrons. The Labute approximate surface area is 152 Å². The summed E-state index contributed by atoms with van der Waals surface area (Å²) in [6, 6.07) is 11.8. The summed E-state index contributed by atoms with van der Waals surface area (Å²) in [6.45, 7) is 4.57. The van der Waals surface area contributed by atoms with Crippen LogP contribution in [0.2, 0.25) is 0 Å². The van der Waals surface area contributed by atoms with Crippen molar-refractivity contribution in [2.45, 2.75) is 38.5 Å². The molecule has 0 unspecified atom stereocenters. The molecule has 4 nitrogen and oxygen atoms in total. The van der Waals surface area contributed by atoms with Crippen molar-refractivity contribution in [3.8, 4) is 0 Å².